The first-order valence-electron chi connectivity index (χ1n) is 11.2. The molecule has 2 aromatic rings. The van der Waals surface area contributed by atoms with Crippen LogP contribution >= 0.6 is 0 Å². The molecule has 0 saturated carbocycles. The molecule has 0 fully saturated rings. The minimum Gasteiger partial charge on any atom is -0.496 e. The van der Waals surface area contributed by atoms with E-state index in [0.29, 0.717) is 52.4 Å². The highest BCUT2D eigenvalue weighted by molar-refractivity contribution is 6.00. The molecule has 2 N–H and O–H groups in total. The molecule has 0 spiro atoms. The van der Waals surface area contributed by atoms with Gasteiger partial charge < -0.3 is 15.2 Å². The number of carbonyl (C=O) groups is 1. The first kappa shape index (κ1) is 24.0. The van der Waals surface area contributed by atoms with Crippen molar-refractivity contribution in [1.29, 1.82) is 5.26 Å². The van der Waals surface area contributed by atoms with Crippen molar-refractivity contribution in [3.8, 4) is 11.8 Å². The van der Waals surface area contributed by atoms with Crippen LogP contribution in [0, 0.1) is 40.7 Å². The third-order valence-electron chi connectivity index (χ3n) is 6.56. The lowest BCUT2D eigenvalue weighted by atomic mass is 9.70. The second kappa shape index (κ2) is 8.58. The number of aryl methyl sites for hydroxylation is 1. The molecular weight excluding hydrogens is 450 g/mol. The fourth-order valence-corrected chi connectivity index (χ4v) is 4.99. The van der Waals surface area contributed by atoms with Crippen LogP contribution in [0.15, 0.2) is 41.0 Å². The number of Topliss-reactive ketones (excluding diaryl/α,β-unsaturated/α-hetero) is 1. The molecule has 0 radical (unpaired) electrons. The number of rotatable bonds is 5. The van der Waals surface area contributed by atoms with Gasteiger partial charge in [0.2, 0.25) is 5.88 Å². The summed E-state index contributed by atoms with van der Waals surface area (Å²) in [6, 6.07) is 7.51. The van der Waals surface area contributed by atoms with Crippen molar-refractivity contribution in [1.82, 2.24) is 9.78 Å². The molecule has 4 rings (SSSR count). The van der Waals surface area contributed by atoms with E-state index in [9.17, 15) is 20.2 Å². The summed E-state index contributed by atoms with van der Waals surface area (Å²) in [5.74, 6) is 0.296. The van der Waals surface area contributed by atoms with Gasteiger partial charge >= 0.3 is 5.69 Å². The average molecular weight is 478 g/mol. The molecule has 0 unspecified atom stereocenters. The highest BCUT2D eigenvalue weighted by Gasteiger charge is 2.43. The van der Waals surface area contributed by atoms with Crippen molar-refractivity contribution in [2.45, 2.75) is 53.0 Å². The van der Waals surface area contributed by atoms with Crippen molar-refractivity contribution in [3.63, 3.8) is 0 Å². The maximum Gasteiger partial charge on any atom is 0.312 e. The fourth-order valence-electron chi connectivity index (χ4n) is 4.99. The minimum absolute atomic E-state index is 0.00621. The Labute approximate surface area is 202 Å². The molecule has 2 aliphatic rings. The van der Waals surface area contributed by atoms with Crippen LogP contribution in [0.2, 0.25) is 0 Å². The normalized spacial score (nSPS) is 19.2. The van der Waals surface area contributed by atoms with Crippen molar-refractivity contribution in [2.75, 3.05) is 7.11 Å². The van der Waals surface area contributed by atoms with E-state index in [1.165, 1.54) is 7.11 Å². The number of carbonyl (C=O) groups excluding carboxylic acids is 1. The van der Waals surface area contributed by atoms with E-state index in [1.54, 1.807) is 30.7 Å². The van der Waals surface area contributed by atoms with E-state index < -0.39 is 10.8 Å². The quantitative estimate of drug-likeness (QED) is 0.503. The van der Waals surface area contributed by atoms with Gasteiger partial charge in [0.15, 0.2) is 5.78 Å². The molecule has 1 aromatic heterocycles. The molecule has 182 valence electrons. The van der Waals surface area contributed by atoms with Gasteiger partial charge in [-0.2, -0.15) is 10.4 Å². The van der Waals surface area contributed by atoms with Crippen molar-refractivity contribution < 1.29 is 19.2 Å². The zero-order valence-corrected chi connectivity index (χ0v) is 20.3. The summed E-state index contributed by atoms with van der Waals surface area (Å²) in [6.45, 7) is 7.42. The van der Waals surface area contributed by atoms with Gasteiger partial charge in [-0.15, -0.1) is 0 Å². The summed E-state index contributed by atoms with van der Waals surface area (Å²) in [5.41, 5.74) is 8.56. The van der Waals surface area contributed by atoms with E-state index >= 15 is 0 Å². The monoisotopic (exact) mass is 477 g/mol. The van der Waals surface area contributed by atoms with Crippen LogP contribution in [0.4, 0.5) is 5.69 Å². The summed E-state index contributed by atoms with van der Waals surface area (Å²) in [4.78, 5) is 24.2. The molecule has 0 amide bonds. The van der Waals surface area contributed by atoms with Crippen LogP contribution < -0.4 is 10.5 Å². The Morgan fingerprint density at radius 3 is 2.69 bits per heavy atom. The number of aromatic nitrogens is 2. The summed E-state index contributed by atoms with van der Waals surface area (Å²) < 4.78 is 12.8. The van der Waals surface area contributed by atoms with Crippen molar-refractivity contribution >= 4 is 11.5 Å². The summed E-state index contributed by atoms with van der Waals surface area (Å²) in [5, 5.41) is 25.7. The number of benzene rings is 1. The Hall–Kier alpha value is -4.13. The standard InChI is InChI=1S/C25H27N5O5/c1-13-23(30(32)33)14(2)29(28-13)12-16-8-15(6-7-19(16)34-5)21-17(11-26)24(27)35-20-10-25(3,4)9-18(31)22(20)21/h6-8,21H,9-10,12,27H2,1-5H3/t21-/m0/s1. The zero-order valence-electron chi connectivity index (χ0n) is 20.3. The lowest BCUT2D eigenvalue weighted by molar-refractivity contribution is -0.386. The zero-order chi connectivity index (χ0) is 25.7. The lowest BCUT2D eigenvalue weighted by Gasteiger charge is -2.37. The minimum atomic E-state index is -0.674. The number of nitrogens with zero attached hydrogens (tertiary/aromatic N) is 4. The summed E-state index contributed by atoms with van der Waals surface area (Å²) in [7, 11) is 1.53. The van der Waals surface area contributed by atoms with Crippen LogP contribution in [0.3, 0.4) is 0 Å². The van der Waals surface area contributed by atoms with Gasteiger partial charge in [-0.1, -0.05) is 19.9 Å². The van der Waals surface area contributed by atoms with Gasteiger partial charge in [0.05, 0.1) is 24.5 Å². The Bertz CT molecular complexity index is 1360. The van der Waals surface area contributed by atoms with Crippen LogP contribution in [0.25, 0.3) is 0 Å². The Kier molecular flexibility index (Phi) is 5.88. The number of nitrogens with two attached hydrogens (primary N) is 1. The number of allylic oxidation sites excluding steroid dienone is 3. The highest BCUT2D eigenvalue weighted by atomic mass is 16.6. The number of hydrogen-bond acceptors (Lipinski definition) is 8. The van der Waals surface area contributed by atoms with Gasteiger partial charge in [-0.05, 0) is 37.0 Å². The second-order valence-electron chi connectivity index (χ2n) is 9.71. The van der Waals surface area contributed by atoms with Gasteiger partial charge in [-0.25, -0.2) is 0 Å². The molecule has 0 saturated heterocycles. The molecule has 1 aliphatic carbocycles. The molecule has 1 atom stereocenters. The van der Waals surface area contributed by atoms with Crippen LogP contribution in [-0.4, -0.2) is 27.6 Å². The van der Waals surface area contributed by atoms with E-state index in [1.807, 2.05) is 19.9 Å². The first-order chi connectivity index (χ1) is 16.5. The number of ether oxygens (including phenoxy) is 2. The van der Waals surface area contributed by atoms with Gasteiger partial charge in [0.25, 0.3) is 0 Å². The maximum atomic E-state index is 13.2. The largest absolute Gasteiger partial charge is 0.496 e. The number of nitro groups is 1. The predicted molar refractivity (Wildman–Crippen MR) is 126 cm³/mol. The maximum absolute atomic E-state index is 13.2. The Balaban J connectivity index is 1.84. The molecule has 0 bridgehead atoms. The molecular formula is C25H27N5O5. The van der Waals surface area contributed by atoms with Crippen molar-refractivity contribution in [3.05, 3.63) is 73.6 Å². The molecule has 10 nitrogen and oxygen atoms in total. The van der Waals surface area contributed by atoms with Gasteiger partial charge in [0, 0.05) is 24.0 Å². The third kappa shape index (κ3) is 4.14. The lowest BCUT2D eigenvalue weighted by Crippen LogP contribution is -2.33. The Morgan fingerprint density at radius 1 is 1.37 bits per heavy atom. The summed E-state index contributed by atoms with van der Waals surface area (Å²) >= 11 is 0. The average Bonchev–Trinajstić information content (AvgIpc) is 3.04. The molecule has 1 aromatic carbocycles. The Morgan fingerprint density at radius 2 is 2.09 bits per heavy atom. The van der Waals surface area contributed by atoms with Gasteiger partial charge in [0.1, 0.15) is 34.5 Å². The smallest absolute Gasteiger partial charge is 0.312 e. The topological polar surface area (TPSA) is 146 Å². The molecule has 2 heterocycles. The van der Waals surface area contributed by atoms with Crippen molar-refractivity contribution in [2.24, 2.45) is 11.1 Å². The van der Waals surface area contributed by atoms with Crippen LogP contribution in [-0.2, 0) is 16.1 Å². The number of ketones is 1. The van der Waals surface area contributed by atoms with E-state index in [4.69, 9.17) is 15.2 Å². The van der Waals surface area contributed by atoms with Crippen LogP contribution in [0.1, 0.15) is 55.1 Å². The number of hydrogen-bond donors (Lipinski definition) is 1. The highest BCUT2D eigenvalue weighted by Crippen LogP contribution is 2.48. The fraction of sp³-hybridized carbons (Fsp3) is 0.400. The molecule has 1 aliphatic heterocycles. The van der Waals surface area contributed by atoms with Crippen LogP contribution in [0.5, 0.6) is 5.75 Å². The summed E-state index contributed by atoms with van der Waals surface area (Å²) in [6.07, 6.45) is 0.866. The molecule has 10 heteroatoms. The van der Waals surface area contributed by atoms with E-state index in [0.717, 1.165) is 0 Å². The SMILES string of the molecule is COc1ccc([C@H]2C(C#N)=C(N)OC3=C2C(=O)CC(C)(C)C3)cc1Cn1nc(C)c([N+](=O)[O-])c1C. The van der Waals surface area contributed by atoms with E-state index in [2.05, 4.69) is 11.2 Å². The predicted octanol–water partition coefficient (Wildman–Crippen LogP) is 3.92. The van der Waals surface area contributed by atoms with Gasteiger partial charge in [-0.3, -0.25) is 19.6 Å². The number of methoxy groups -OCH3 is 1. The first-order valence-corrected chi connectivity index (χ1v) is 11.2. The third-order valence-corrected chi connectivity index (χ3v) is 6.56. The second-order valence-corrected chi connectivity index (χ2v) is 9.71. The number of nitriles is 1. The molecule has 35 heavy (non-hydrogen) atoms. The van der Waals surface area contributed by atoms with E-state index in [-0.39, 0.29) is 34.9 Å².